The highest BCUT2D eigenvalue weighted by Crippen LogP contribution is 2.42. The van der Waals surface area contributed by atoms with Crippen molar-refractivity contribution >= 4 is 28.1 Å². The highest BCUT2D eigenvalue weighted by Gasteiger charge is 2.49. The van der Waals surface area contributed by atoms with Gasteiger partial charge in [-0.25, -0.2) is 8.78 Å². The standard InChI is InChI=1S/C36H44F2N8O3/c1-3-27-29(38)7-6-23-14-26(49-22-47-2)16-31(33(23)27)43-13-8-28-30(20-43)40-35(48-21-36-9-4-11-45(36)18-24(37)17-36)41-34(28)44-10-5-12-46-25(19-44)15-32(39)42-46/h6-7,14-16,24H,3-5,8-13,17-22H2,1-2H3,(H2,39,42)/t24-,36+/m1/s1. The minimum atomic E-state index is -0.844. The van der Waals surface area contributed by atoms with Crippen LogP contribution in [-0.2, 0) is 37.2 Å². The molecule has 0 bridgehead atoms. The zero-order valence-electron chi connectivity index (χ0n) is 28.3. The van der Waals surface area contributed by atoms with E-state index in [2.05, 4.69) is 19.8 Å². The molecule has 0 spiro atoms. The van der Waals surface area contributed by atoms with E-state index in [4.69, 9.17) is 29.9 Å². The summed E-state index contributed by atoms with van der Waals surface area (Å²) in [4.78, 5) is 16.9. The maximum Gasteiger partial charge on any atom is 0.318 e. The van der Waals surface area contributed by atoms with Gasteiger partial charge in [-0.3, -0.25) is 9.58 Å². The van der Waals surface area contributed by atoms with Gasteiger partial charge in [0.1, 0.15) is 36.0 Å². The van der Waals surface area contributed by atoms with E-state index >= 15 is 4.39 Å². The molecule has 2 atom stereocenters. The fourth-order valence-corrected chi connectivity index (χ4v) is 8.50. The molecule has 13 heteroatoms. The Kier molecular flexibility index (Phi) is 8.43. The van der Waals surface area contributed by atoms with Crippen LogP contribution in [-0.4, -0.2) is 83.0 Å². The number of nitrogens with two attached hydrogens (primary N) is 1. The van der Waals surface area contributed by atoms with E-state index in [1.54, 1.807) is 7.11 Å². The van der Waals surface area contributed by atoms with Gasteiger partial charge in [-0.05, 0) is 61.7 Å². The number of fused-ring (bicyclic) bond motifs is 4. The van der Waals surface area contributed by atoms with E-state index < -0.39 is 6.17 Å². The molecule has 2 N–H and O–H groups in total. The van der Waals surface area contributed by atoms with Crippen LogP contribution in [0.25, 0.3) is 10.8 Å². The highest BCUT2D eigenvalue weighted by atomic mass is 19.1. The Morgan fingerprint density at radius 3 is 2.78 bits per heavy atom. The van der Waals surface area contributed by atoms with Crippen molar-refractivity contribution in [2.24, 2.45) is 0 Å². The molecule has 4 aliphatic rings. The molecule has 260 valence electrons. The Hall–Kier alpha value is -4.23. The summed E-state index contributed by atoms with van der Waals surface area (Å²) < 4.78 is 49.4. The third-order valence-corrected chi connectivity index (χ3v) is 10.7. The second-order valence-corrected chi connectivity index (χ2v) is 13.8. The fourth-order valence-electron chi connectivity index (χ4n) is 8.50. The summed E-state index contributed by atoms with van der Waals surface area (Å²) >= 11 is 0. The van der Waals surface area contributed by atoms with Gasteiger partial charge in [0.15, 0.2) is 6.79 Å². The van der Waals surface area contributed by atoms with E-state index in [-0.39, 0.29) is 18.1 Å². The van der Waals surface area contributed by atoms with Crippen molar-refractivity contribution in [3.8, 4) is 11.8 Å². The maximum atomic E-state index is 15.2. The summed E-state index contributed by atoms with van der Waals surface area (Å²) in [6, 6.07) is 9.49. The molecule has 2 fully saturated rings. The molecule has 2 saturated heterocycles. The molecule has 0 radical (unpaired) electrons. The number of nitrogens with zero attached hydrogens (tertiary/aromatic N) is 7. The average molecular weight is 675 g/mol. The second-order valence-electron chi connectivity index (χ2n) is 13.8. The van der Waals surface area contributed by atoms with Crippen LogP contribution in [0.4, 0.5) is 26.1 Å². The number of aryl methyl sites for hydroxylation is 2. The maximum absolute atomic E-state index is 15.2. The summed E-state index contributed by atoms with van der Waals surface area (Å²) in [7, 11) is 1.59. The Bertz CT molecular complexity index is 1870. The molecular formula is C36H44F2N8O3. The summed E-state index contributed by atoms with van der Waals surface area (Å²) in [5.74, 6) is 1.80. The topological polar surface area (TPSA) is 107 Å². The Labute approximate surface area is 284 Å². The molecule has 6 heterocycles. The normalized spacial score (nSPS) is 22.2. The van der Waals surface area contributed by atoms with E-state index in [9.17, 15) is 4.39 Å². The van der Waals surface area contributed by atoms with Crippen molar-refractivity contribution in [2.45, 2.75) is 76.8 Å². The van der Waals surface area contributed by atoms with Gasteiger partial charge in [0.25, 0.3) is 0 Å². The summed E-state index contributed by atoms with van der Waals surface area (Å²) in [5.41, 5.74) is 10.3. The van der Waals surface area contributed by atoms with Crippen molar-refractivity contribution in [1.29, 1.82) is 0 Å². The first-order valence-electron chi connectivity index (χ1n) is 17.4. The summed E-state index contributed by atoms with van der Waals surface area (Å²) in [5, 5.41) is 6.28. The number of hydrogen-bond donors (Lipinski definition) is 1. The zero-order chi connectivity index (χ0) is 33.7. The summed E-state index contributed by atoms with van der Waals surface area (Å²) in [6.07, 6.45) is 3.69. The predicted molar refractivity (Wildman–Crippen MR) is 183 cm³/mol. The SMILES string of the molecule is CCc1c(F)ccc2cc(OCOC)cc(N3CCc4c(nc(OC[C@@]56CCCN5C[C@H](F)C6)nc4N4CCCn5nc(N)cc5C4)C3)c12. The lowest BCUT2D eigenvalue weighted by Crippen LogP contribution is -2.43. The fraction of sp³-hybridized carbons (Fsp3) is 0.528. The van der Waals surface area contributed by atoms with Gasteiger partial charge in [0.2, 0.25) is 0 Å². The molecule has 0 unspecified atom stereocenters. The number of ether oxygens (including phenoxy) is 3. The molecule has 0 saturated carbocycles. The van der Waals surface area contributed by atoms with Gasteiger partial charge >= 0.3 is 6.01 Å². The van der Waals surface area contributed by atoms with Crippen molar-refractivity contribution in [2.75, 3.05) is 62.2 Å². The number of benzene rings is 2. The van der Waals surface area contributed by atoms with Crippen molar-refractivity contribution in [3.05, 3.63) is 58.7 Å². The van der Waals surface area contributed by atoms with Crippen LogP contribution in [0.1, 0.15) is 55.1 Å². The third kappa shape index (κ3) is 5.90. The molecule has 11 nitrogen and oxygen atoms in total. The number of alkyl halides is 1. The second kappa shape index (κ2) is 12.9. The molecule has 49 heavy (non-hydrogen) atoms. The van der Waals surface area contributed by atoms with Gasteiger partial charge in [-0.2, -0.15) is 15.1 Å². The molecule has 2 aromatic heterocycles. The quantitative estimate of drug-likeness (QED) is 0.243. The molecule has 4 aromatic rings. The van der Waals surface area contributed by atoms with Crippen LogP contribution in [0.5, 0.6) is 11.8 Å². The van der Waals surface area contributed by atoms with Crippen LogP contribution in [0.3, 0.4) is 0 Å². The molecular weight excluding hydrogens is 630 g/mol. The largest absolute Gasteiger partial charge is 0.467 e. The van der Waals surface area contributed by atoms with E-state index in [0.29, 0.717) is 75.2 Å². The van der Waals surface area contributed by atoms with Crippen molar-refractivity contribution < 1.29 is 23.0 Å². The highest BCUT2D eigenvalue weighted by molar-refractivity contribution is 5.98. The van der Waals surface area contributed by atoms with Gasteiger partial charge in [0, 0.05) is 68.5 Å². The number of halogens is 2. The molecule has 0 amide bonds. The van der Waals surface area contributed by atoms with Crippen LogP contribution >= 0.6 is 0 Å². The van der Waals surface area contributed by atoms with E-state index in [0.717, 1.165) is 78.1 Å². The van der Waals surface area contributed by atoms with E-state index in [1.807, 2.05) is 35.9 Å². The van der Waals surface area contributed by atoms with Gasteiger partial charge in [-0.1, -0.05) is 13.0 Å². The Morgan fingerprint density at radius 2 is 1.92 bits per heavy atom. The van der Waals surface area contributed by atoms with Crippen LogP contribution in [0, 0.1) is 5.82 Å². The van der Waals surface area contributed by atoms with Gasteiger partial charge < -0.3 is 29.7 Å². The number of methoxy groups -OCH3 is 1. The monoisotopic (exact) mass is 674 g/mol. The first kappa shape index (κ1) is 32.0. The first-order chi connectivity index (χ1) is 23.8. The average Bonchev–Trinajstić information content (AvgIpc) is 3.70. The van der Waals surface area contributed by atoms with Gasteiger partial charge in [-0.15, -0.1) is 0 Å². The first-order valence-corrected chi connectivity index (χ1v) is 17.4. The molecule has 0 aliphatic carbocycles. The molecule has 2 aromatic carbocycles. The number of rotatable bonds is 9. The predicted octanol–water partition coefficient (Wildman–Crippen LogP) is 5.02. The van der Waals surface area contributed by atoms with Crippen LogP contribution < -0.4 is 25.0 Å². The zero-order valence-corrected chi connectivity index (χ0v) is 28.3. The minimum Gasteiger partial charge on any atom is -0.467 e. The number of nitrogen functional groups attached to an aromatic ring is 1. The molecule has 4 aliphatic heterocycles. The third-order valence-electron chi connectivity index (χ3n) is 10.7. The van der Waals surface area contributed by atoms with Gasteiger partial charge in [0.05, 0.1) is 30.0 Å². The minimum absolute atomic E-state index is 0.107. The smallest absolute Gasteiger partial charge is 0.318 e. The van der Waals surface area contributed by atoms with Crippen molar-refractivity contribution in [3.63, 3.8) is 0 Å². The number of anilines is 3. The van der Waals surface area contributed by atoms with Crippen molar-refractivity contribution in [1.82, 2.24) is 24.6 Å². The van der Waals surface area contributed by atoms with E-state index in [1.165, 1.54) is 6.07 Å². The summed E-state index contributed by atoms with van der Waals surface area (Å²) in [6.45, 7) is 7.12. The Balaban J connectivity index is 1.18. The lowest BCUT2D eigenvalue weighted by atomic mass is 9.95. The Morgan fingerprint density at radius 1 is 1.02 bits per heavy atom. The lowest BCUT2D eigenvalue weighted by Gasteiger charge is -2.35. The van der Waals surface area contributed by atoms with Crippen LogP contribution in [0.15, 0.2) is 30.3 Å². The lowest BCUT2D eigenvalue weighted by molar-refractivity contribution is 0.0512. The number of aromatic nitrogens is 4. The number of hydrogen-bond acceptors (Lipinski definition) is 10. The van der Waals surface area contributed by atoms with Crippen LogP contribution in [0.2, 0.25) is 0 Å². The molecule has 8 rings (SSSR count).